The van der Waals surface area contributed by atoms with Gasteiger partial charge in [-0.25, -0.2) is 0 Å². The predicted molar refractivity (Wildman–Crippen MR) is 87.4 cm³/mol. The lowest BCUT2D eigenvalue weighted by Crippen LogP contribution is -1.98. The maximum Gasteiger partial charge on any atom is 0.196 e. The molecular formula is C20H13NO. The summed E-state index contributed by atoms with van der Waals surface area (Å²) in [5.74, 6) is 0.0492. The van der Waals surface area contributed by atoms with Crippen LogP contribution in [-0.2, 0) is 0 Å². The summed E-state index contributed by atoms with van der Waals surface area (Å²) in [4.78, 5) is 17.3. The molecule has 1 heterocycles. The van der Waals surface area contributed by atoms with Crippen molar-refractivity contribution in [1.29, 1.82) is 0 Å². The molecule has 0 fully saturated rings. The topological polar surface area (TPSA) is 30.0 Å². The zero-order chi connectivity index (χ0) is 14.9. The van der Waals surface area contributed by atoms with Crippen molar-refractivity contribution >= 4 is 16.9 Å². The monoisotopic (exact) mass is 283 g/mol. The van der Waals surface area contributed by atoms with E-state index < -0.39 is 0 Å². The van der Waals surface area contributed by atoms with Crippen LogP contribution in [-0.4, -0.2) is 10.8 Å². The lowest BCUT2D eigenvalue weighted by molar-refractivity contribution is 0.105. The minimum atomic E-state index is 0.0492. The number of allylic oxidation sites excluding steroid dienone is 1. The Morgan fingerprint density at radius 1 is 0.636 bits per heavy atom. The third-order valence-electron chi connectivity index (χ3n) is 3.89. The minimum Gasteiger partial charge on any atom is -0.288 e. The van der Waals surface area contributed by atoms with Gasteiger partial charge in [-0.15, -0.1) is 0 Å². The number of carbonyl (C=O) groups is 1. The van der Waals surface area contributed by atoms with Crippen LogP contribution >= 0.6 is 0 Å². The van der Waals surface area contributed by atoms with Crippen LogP contribution in [0.3, 0.4) is 0 Å². The van der Waals surface area contributed by atoms with Gasteiger partial charge >= 0.3 is 0 Å². The molecule has 1 aliphatic carbocycles. The highest BCUT2D eigenvalue weighted by molar-refractivity contribution is 6.41. The number of hydrogen-bond acceptors (Lipinski definition) is 2. The van der Waals surface area contributed by atoms with Gasteiger partial charge in [0.25, 0.3) is 0 Å². The van der Waals surface area contributed by atoms with Gasteiger partial charge in [0.05, 0.1) is 5.69 Å². The van der Waals surface area contributed by atoms with Gasteiger partial charge in [0.15, 0.2) is 5.78 Å². The number of carbonyl (C=O) groups excluding carboxylic acids is 1. The zero-order valence-corrected chi connectivity index (χ0v) is 11.9. The number of benzene rings is 2. The van der Waals surface area contributed by atoms with Crippen LogP contribution < -0.4 is 0 Å². The second-order valence-corrected chi connectivity index (χ2v) is 5.21. The van der Waals surface area contributed by atoms with E-state index in [1.165, 1.54) is 0 Å². The molecule has 22 heavy (non-hydrogen) atoms. The summed E-state index contributed by atoms with van der Waals surface area (Å²) in [5, 5.41) is 0. The Kier molecular flexibility index (Phi) is 2.94. The van der Waals surface area contributed by atoms with E-state index in [4.69, 9.17) is 0 Å². The normalized spacial score (nSPS) is 13.4. The van der Waals surface area contributed by atoms with Gasteiger partial charge in [-0.05, 0) is 23.3 Å². The number of aromatic nitrogens is 1. The highest BCUT2D eigenvalue weighted by Crippen LogP contribution is 2.40. The number of pyridine rings is 1. The summed E-state index contributed by atoms with van der Waals surface area (Å²) >= 11 is 0. The Hall–Kier alpha value is -3.00. The summed E-state index contributed by atoms with van der Waals surface area (Å²) < 4.78 is 0. The molecule has 3 aromatic rings. The number of nitrogens with zero attached hydrogens (tertiary/aromatic N) is 1. The number of fused-ring (bicyclic) bond motifs is 1. The minimum absolute atomic E-state index is 0.0492. The smallest absolute Gasteiger partial charge is 0.196 e. The molecule has 0 N–H and O–H groups in total. The Balaban J connectivity index is 2.05. The molecule has 0 unspecified atom stereocenters. The van der Waals surface area contributed by atoms with Crippen LogP contribution in [0, 0.1) is 0 Å². The average Bonchev–Trinajstić information content (AvgIpc) is 2.90. The van der Waals surface area contributed by atoms with Gasteiger partial charge in [-0.2, -0.15) is 0 Å². The number of hydrogen-bond donors (Lipinski definition) is 0. The molecule has 2 heteroatoms. The third-order valence-corrected chi connectivity index (χ3v) is 3.89. The van der Waals surface area contributed by atoms with Gasteiger partial charge in [0, 0.05) is 22.9 Å². The van der Waals surface area contributed by atoms with Gasteiger partial charge in [0.2, 0.25) is 0 Å². The largest absolute Gasteiger partial charge is 0.288 e. The quantitative estimate of drug-likeness (QED) is 0.704. The Bertz CT molecular complexity index is 880. The Morgan fingerprint density at radius 3 is 1.86 bits per heavy atom. The Morgan fingerprint density at radius 2 is 1.23 bits per heavy atom. The zero-order valence-electron chi connectivity index (χ0n) is 11.9. The summed E-state index contributed by atoms with van der Waals surface area (Å²) in [7, 11) is 0. The summed E-state index contributed by atoms with van der Waals surface area (Å²) in [5.41, 5.74) is 5.07. The fourth-order valence-electron chi connectivity index (χ4n) is 2.92. The molecule has 0 atom stereocenters. The molecule has 0 bridgehead atoms. The number of ketones is 1. The van der Waals surface area contributed by atoms with Gasteiger partial charge in [0.1, 0.15) is 0 Å². The van der Waals surface area contributed by atoms with Crippen LogP contribution in [0.2, 0.25) is 0 Å². The van der Waals surface area contributed by atoms with Gasteiger partial charge in [-0.1, -0.05) is 60.7 Å². The molecule has 104 valence electrons. The van der Waals surface area contributed by atoms with Crippen LogP contribution in [0.4, 0.5) is 0 Å². The number of Topliss-reactive ketones (excluding diaryl/α,β-unsaturated/α-hetero) is 1. The van der Waals surface area contributed by atoms with E-state index >= 15 is 0 Å². The molecule has 0 saturated carbocycles. The first-order valence-corrected chi connectivity index (χ1v) is 7.21. The van der Waals surface area contributed by atoms with Gasteiger partial charge in [-0.3, -0.25) is 9.78 Å². The first-order chi connectivity index (χ1) is 10.9. The van der Waals surface area contributed by atoms with Crippen molar-refractivity contribution in [2.45, 2.75) is 0 Å². The second kappa shape index (κ2) is 5.08. The maximum absolute atomic E-state index is 12.9. The van der Waals surface area contributed by atoms with E-state index in [2.05, 4.69) is 4.98 Å². The summed E-state index contributed by atoms with van der Waals surface area (Å²) in [6.45, 7) is 0. The van der Waals surface area contributed by atoms with Crippen molar-refractivity contribution in [1.82, 2.24) is 4.98 Å². The van der Waals surface area contributed by atoms with E-state index in [-0.39, 0.29) is 5.78 Å². The Labute approximate surface area is 128 Å². The highest BCUT2D eigenvalue weighted by atomic mass is 16.1. The highest BCUT2D eigenvalue weighted by Gasteiger charge is 2.31. The molecule has 0 saturated heterocycles. The first-order valence-electron chi connectivity index (χ1n) is 7.21. The number of rotatable bonds is 2. The molecule has 0 amide bonds. The van der Waals surface area contributed by atoms with E-state index in [0.29, 0.717) is 5.56 Å². The van der Waals surface area contributed by atoms with E-state index in [1.54, 1.807) is 6.20 Å². The molecule has 2 aromatic carbocycles. The molecule has 4 rings (SSSR count). The van der Waals surface area contributed by atoms with E-state index in [1.807, 2.05) is 72.8 Å². The summed E-state index contributed by atoms with van der Waals surface area (Å²) in [6, 6.07) is 23.5. The van der Waals surface area contributed by atoms with Crippen molar-refractivity contribution in [2.24, 2.45) is 0 Å². The van der Waals surface area contributed by atoms with Gasteiger partial charge < -0.3 is 0 Å². The summed E-state index contributed by atoms with van der Waals surface area (Å²) in [6.07, 6.45) is 1.74. The van der Waals surface area contributed by atoms with Crippen LogP contribution in [0.25, 0.3) is 11.1 Å². The van der Waals surface area contributed by atoms with Crippen molar-refractivity contribution in [3.63, 3.8) is 0 Å². The molecular weight excluding hydrogens is 270 g/mol. The molecule has 0 aliphatic heterocycles. The van der Waals surface area contributed by atoms with Crippen LogP contribution in [0.1, 0.15) is 27.2 Å². The standard InChI is InChI=1S/C20H13NO/c22-20-16-12-7-13-21-19(16)17(14-8-3-1-4-9-14)18(20)15-10-5-2-6-11-15/h1-13H. The first kappa shape index (κ1) is 12.7. The molecule has 1 aliphatic rings. The van der Waals surface area contributed by atoms with Crippen molar-refractivity contribution < 1.29 is 4.79 Å². The molecule has 2 nitrogen and oxygen atoms in total. The van der Waals surface area contributed by atoms with Crippen molar-refractivity contribution in [3.05, 3.63) is 101 Å². The van der Waals surface area contributed by atoms with E-state index in [0.717, 1.165) is 28.0 Å². The SMILES string of the molecule is O=C1C(c2ccccc2)=C(c2ccccc2)c2ncccc21. The fourth-order valence-corrected chi connectivity index (χ4v) is 2.92. The molecule has 1 aromatic heterocycles. The predicted octanol–water partition coefficient (Wildman–Crippen LogP) is 4.24. The lowest BCUT2D eigenvalue weighted by atomic mass is 9.96. The maximum atomic E-state index is 12.9. The fraction of sp³-hybridized carbons (Fsp3) is 0. The third kappa shape index (κ3) is 1.89. The average molecular weight is 283 g/mol. The van der Waals surface area contributed by atoms with Crippen molar-refractivity contribution in [2.75, 3.05) is 0 Å². The molecule has 0 radical (unpaired) electrons. The van der Waals surface area contributed by atoms with Crippen LogP contribution in [0.5, 0.6) is 0 Å². The second-order valence-electron chi connectivity index (χ2n) is 5.21. The van der Waals surface area contributed by atoms with Crippen molar-refractivity contribution in [3.8, 4) is 0 Å². The van der Waals surface area contributed by atoms with E-state index in [9.17, 15) is 4.79 Å². The molecule has 0 spiro atoms. The lowest BCUT2D eigenvalue weighted by Gasteiger charge is -2.07. The van der Waals surface area contributed by atoms with Crippen LogP contribution in [0.15, 0.2) is 79.0 Å².